The standard InChI is InChI=1S/C16H13F3N4O3S/c17-16(18,19)12-5-6-21-15(22-12)27-8-13(24)23-7-11(14(20)25)26-10-4-2-1-3-9(10)23/h1-6,11H,7-8H2,(H2,20,25). The van der Waals surface area contributed by atoms with Crippen molar-refractivity contribution in [1.82, 2.24) is 9.97 Å². The second kappa shape index (κ2) is 7.43. The first-order chi connectivity index (χ1) is 12.8. The average Bonchev–Trinajstić information content (AvgIpc) is 2.64. The summed E-state index contributed by atoms with van der Waals surface area (Å²) < 4.78 is 43.6. The van der Waals surface area contributed by atoms with Gasteiger partial charge in [0.1, 0.15) is 11.4 Å². The molecule has 0 saturated carbocycles. The molecule has 1 aliphatic heterocycles. The van der Waals surface area contributed by atoms with Crippen LogP contribution in [0.25, 0.3) is 0 Å². The molecule has 2 N–H and O–H groups in total. The minimum absolute atomic E-state index is 0.0881. The van der Waals surface area contributed by atoms with E-state index in [0.29, 0.717) is 11.4 Å². The van der Waals surface area contributed by atoms with E-state index in [1.807, 2.05) is 0 Å². The fourth-order valence-corrected chi connectivity index (χ4v) is 3.10. The SMILES string of the molecule is NC(=O)C1CN(C(=O)CSc2nccc(C(F)(F)F)n2)c2ccccc2O1. The minimum Gasteiger partial charge on any atom is -0.477 e. The molecule has 0 fully saturated rings. The van der Waals surface area contributed by atoms with Gasteiger partial charge in [-0.05, 0) is 18.2 Å². The number of para-hydroxylation sites is 2. The Bertz CT molecular complexity index is 878. The third-order valence-electron chi connectivity index (χ3n) is 3.64. The number of nitrogens with zero attached hydrogens (tertiary/aromatic N) is 3. The summed E-state index contributed by atoms with van der Waals surface area (Å²) in [5, 5.41) is -0.175. The van der Waals surface area contributed by atoms with Crippen LogP contribution in [0, 0.1) is 0 Å². The van der Waals surface area contributed by atoms with Crippen molar-refractivity contribution in [3.8, 4) is 5.75 Å². The molecule has 1 unspecified atom stereocenters. The Labute approximate surface area is 155 Å². The number of hydrogen-bond donors (Lipinski definition) is 1. The summed E-state index contributed by atoms with van der Waals surface area (Å²) in [5.74, 6) is -1.07. The van der Waals surface area contributed by atoms with Gasteiger partial charge in [0.05, 0.1) is 18.0 Å². The number of ether oxygens (including phenoxy) is 1. The van der Waals surface area contributed by atoms with Gasteiger partial charge < -0.3 is 15.4 Å². The maximum atomic E-state index is 12.7. The van der Waals surface area contributed by atoms with Crippen molar-refractivity contribution in [3.05, 3.63) is 42.2 Å². The van der Waals surface area contributed by atoms with Gasteiger partial charge in [-0.25, -0.2) is 9.97 Å². The molecule has 11 heteroatoms. The smallest absolute Gasteiger partial charge is 0.433 e. The molecule has 0 aliphatic carbocycles. The Morgan fingerprint density at radius 2 is 2.04 bits per heavy atom. The monoisotopic (exact) mass is 398 g/mol. The molecule has 1 aromatic carbocycles. The predicted molar refractivity (Wildman–Crippen MR) is 90.2 cm³/mol. The summed E-state index contributed by atoms with van der Waals surface area (Å²) in [5.41, 5.74) is 4.64. The first-order valence-corrected chi connectivity index (χ1v) is 8.62. The van der Waals surface area contributed by atoms with Crippen molar-refractivity contribution >= 4 is 29.3 Å². The summed E-state index contributed by atoms with van der Waals surface area (Å²) >= 11 is 0.766. The molecule has 1 atom stereocenters. The van der Waals surface area contributed by atoms with Crippen molar-refractivity contribution in [2.45, 2.75) is 17.4 Å². The number of anilines is 1. The van der Waals surface area contributed by atoms with Crippen LogP contribution in [-0.2, 0) is 15.8 Å². The van der Waals surface area contributed by atoms with E-state index in [9.17, 15) is 22.8 Å². The molecular weight excluding hydrogens is 385 g/mol. The lowest BCUT2D eigenvalue weighted by Crippen LogP contribution is -2.49. The third kappa shape index (κ3) is 4.30. The second-order valence-corrected chi connectivity index (χ2v) is 6.43. The molecule has 0 saturated heterocycles. The predicted octanol–water partition coefficient (Wildman–Crippen LogP) is 1.87. The highest BCUT2D eigenvalue weighted by atomic mass is 32.2. The fourth-order valence-electron chi connectivity index (χ4n) is 2.39. The fraction of sp³-hybridized carbons (Fsp3) is 0.250. The molecule has 1 aliphatic rings. The summed E-state index contributed by atoms with van der Waals surface area (Å²) in [6, 6.07) is 7.34. The van der Waals surface area contributed by atoms with Gasteiger partial charge in [-0.2, -0.15) is 13.2 Å². The van der Waals surface area contributed by atoms with E-state index in [0.717, 1.165) is 24.0 Å². The first-order valence-electron chi connectivity index (χ1n) is 7.64. The Morgan fingerprint density at radius 1 is 1.30 bits per heavy atom. The molecule has 1 aromatic heterocycles. The molecule has 27 heavy (non-hydrogen) atoms. The molecule has 3 rings (SSSR count). The van der Waals surface area contributed by atoms with Crippen LogP contribution >= 0.6 is 11.8 Å². The number of amides is 2. The van der Waals surface area contributed by atoms with Crippen LogP contribution in [0.3, 0.4) is 0 Å². The third-order valence-corrected chi connectivity index (χ3v) is 4.49. The first kappa shape index (κ1) is 19.0. The Balaban J connectivity index is 1.75. The molecule has 0 spiro atoms. The van der Waals surface area contributed by atoms with Crippen LogP contribution in [-0.4, -0.2) is 40.2 Å². The van der Waals surface area contributed by atoms with Gasteiger partial charge in [0.15, 0.2) is 11.3 Å². The Kier molecular flexibility index (Phi) is 5.22. The van der Waals surface area contributed by atoms with Crippen molar-refractivity contribution in [3.63, 3.8) is 0 Å². The number of aromatic nitrogens is 2. The Morgan fingerprint density at radius 3 is 2.74 bits per heavy atom. The van der Waals surface area contributed by atoms with Crippen LogP contribution in [0.5, 0.6) is 5.75 Å². The average molecular weight is 398 g/mol. The van der Waals surface area contributed by atoms with Crippen molar-refractivity contribution < 1.29 is 27.5 Å². The van der Waals surface area contributed by atoms with Gasteiger partial charge in [-0.1, -0.05) is 23.9 Å². The van der Waals surface area contributed by atoms with Crippen LogP contribution in [0.4, 0.5) is 18.9 Å². The van der Waals surface area contributed by atoms with E-state index in [2.05, 4.69) is 9.97 Å². The quantitative estimate of drug-likeness (QED) is 0.624. The highest BCUT2D eigenvalue weighted by Crippen LogP contribution is 2.34. The van der Waals surface area contributed by atoms with Crippen LogP contribution in [0.2, 0.25) is 0 Å². The molecule has 7 nitrogen and oxygen atoms in total. The maximum Gasteiger partial charge on any atom is 0.433 e. The van der Waals surface area contributed by atoms with Crippen molar-refractivity contribution in [2.75, 3.05) is 17.2 Å². The Hall–Kier alpha value is -2.82. The summed E-state index contributed by atoms with van der Waals surface area (Å²) in [4.78, 5) is 32.5. The van der Waals surface area contributed by atoms with Gasteiger partial charge in [-0.15, -0.1) is 0 Å². The zero-order valence-corrected chi connectivity index (χ0v) is 14.5. The van der Waals surface area contributed by atoms with Gasteiger partial charge in [0.25, 0.3) is 5.91 Å². The van der Waals surface area contributed by atoms with Gasteiger partial charge in [0.2, 0.25) is 5.91 Å². The zero-order chi connectivity index (χ0) is 19.6. The van der Waals surface area contributed by atoms with E-state index in [1.54, 1.807) is 24.3 Å². The largest absolute Gasteiger partial charge is 0.477 e. The second-order valence-electron chi connectivity index (χ2n) is 5.49. The number of nitrogens with two attached hydrogens (primary N) is 1. The van der Waals surface area contributed by atoms with Crippen LogP contribution < -0.4 is 15.4 Å². The number of thioether (sulfide) groups is 1. The minimum atomic E-state index is -4.60. The summed E-state index contributed by atoms with van der Waals surface area (Å²) in [7, 11) is 0. The van der Waals surface area contributed by atoms with Gasteiger partial charge in [0, 0.05) is 6.20 Å². The van der Waals surface area contributed by atoms with E-state index in [1.165, 1.54) is 4.90 Å². The van der Waals surface area contributed by atoms with Gasteiger partial charge >= 0.3 is 6.18 Å². The van der Waals surface area contributed by atoms with Crippen molar-refractivity contribution in [1.29, 1.82) is 0 Å². The molecule has 142 valence electrons. The van der Waals surface area contributed by atoms with Crippen molar-refractivity contribution in [2.24, 2.45) is 5.73 Å². The van der Waals surface area contributed by atoms with E-state index < -0.39 is 29.8 Å². The lowest BCUT2D eigenvalue weighted by atomic mass is 10.2. The number of fused-ring (bicyclic) bond motifs is 1. The van der Waals surface area contributed by atoms with E-state index >= 15 is 0 Å². The number of rotatable bonds is 4. The zero-order valence-electron chi connectivity index (χ0n) is 13.6. The summed E-state index contributed by atoms with van der Waals surface area (Å²) in [6.07, 6.45) is -4.63. The number of carbonyl (C=O) groups excluding carboxylic acids is 2. The number of halogens is 3. The molecule has 0 bridgehead atoms. The molecule has 2 heterocycles. The van der Waals surface area contributed by atoms with Crippen LogP contribution in [0.15, 0.2) is 41.7 Å². The number of alkyl halides is 3. The molecule has 2 amide bonds. The lowest BCUT2D eigenvalue weighted by molar-refractivity contribution is -0.141. The van der Waals surface area contributed by atoms with E-state index in [-0.39, 0.29) is 17.5 Å². The number of benzene rings is 1. The summed E-state index contributed by atoms with van der Waals surface area (Å²) in [6.45, 7) is -0.0881. The number of hydrogen-bond acceptors (Lipinski definition) is 6. The topological polar surface area (TPSA) is 98.4 Å². The molecular formula is C16H13F3N4O3S. The highest BCUT2D eigenvalue weighted by Gasteiger charge is 2.34. The number of carbonyl (C=O) groups is 2. The van der Waals surface area contributed by atoms with Crippen LogP contribution in [0.1, 0.15) is 5.69 Å². The molecule has 2 aromatic rings. The molecule has 0 radical (unpaired) electrons. The number of primary amides is 1. The highest BCUT2D eigenvalue weighted by molar-refractivity contribution is 7.99. The lowest BCUT2D eigenvalue weighted by Gasteiger charge is -2.33. The normalized spacial score (nSPS) is 16.4. The van der Waals surface area contributed by atoms with Gasteiger partial charge in [-0.3, -0.25) is 9.59 Å². The maximum absolute atomic E-state index is 12.7. The van der Waals surface area contributed by atoms with E-state index in [4.69, 9.17) is 10.5 Å².